The van der Waals surface area contributed by atoms with Gasteiger partial charge in [-0.15, -0.1) is 12.4 Å². The van der Waals surface area contributed by atoms with Crippen LogP contribution in [0.5, 0.6) is 11.5 Å². The third-order valence-electron chi connectivity index (χ3n) is 2.45. The van der Waals surface area contributed by atoms with Gasteiger partial charge in [0.15, 0.2) is 0 Å². The van der Waals surface area contributed by atoms with Gasteiger partial charge in [0.25, 0.3) is 0 Å². The van der Waals surface area contributed by atoms with Gasteiger partial charge >= 0.3 is 0 Å². The van der Waals surface area contributed by atoms with E-state index < -0.39 is 0 Å². The lowest BCUT2D eigenvalue weighted by Gasteiger charge is -2.10. The largest absolute Gasteiger partial charge is 0.497 e. The first kappa shape index (κ1) is 19.0. The van der Waals surface area contributed by atoms with Gasteiger partial charge in [0, 0.05) is 36.9 Å². The molecule has 8 heteroatoms. The fourth-order valence-electron chi connectivity index (χ4n) is 1.48. The number of nitrogens with one attached hydrogen (secondary N) is 2. The molecular weight excluding hydrogens is 298 g/mol. The van der Waals surface area contributed by atoms with Crippen molar-refractivity contribution in [1.29, 1.82) is 0 Å². The number of hydrogen-bond donors (Lipinski definition) is 3. The van der Waals surface area contributed by atoms with Crippen LogP contribution in [0.2, 0.25) is 0 Å². The minimum Gasteiger partial charge on any atom is -0.497 e. The predicted molar refractivity (Wildman–Crippen MR) is 82.1 cm³/mol. The van der Waals surface area contributed by atoms with Gasteiger partial charge in [-0.1, -0.05) is 0 Å². The van der Waals surface area contributed by atoms with Crippen molar-refractivity contribution in [3.05, 3.63) is 18.2 Å². The minimum atomic E-state index is -0.342. The molecule has 4 N–H and O–H groups in total. The third kappa shape index (κ3) is 6.82. The fraction of sp³-hybridized carbons (Fsp3) is 0.385. The third-order valence-corrected chi connectivity index (χ3v) is 2.45. The molecule has 21 heavy (non-hydrogen) atoms. The summed E-state index contributed by atoms with van der Waals surface area (Å²) in [6.45, 7) is 0.138. The van der Waals surface area contributed by atoms with E-state index >= 15 is 0 Å². The van der Waals surface area contributed by atoms with Crippen LogP contribution in [0.1, 0.15) is 6.42 Å². The summed E-state index contributed by atoms with van der Waals surface area (Å²) in [4.78, 5) is 22.9. The van der Waals surface area contributed by atoms with Crippen molar-refractivity contribution in [3.63, 3.8) is 0 Å². The number of nitrogens with two attached hydrogens (primary N) is 1. The summed E-state index contributed by atoms with van der Waals surface area (Å²) in [5.74, 6) is 0.523. The highest BCUT2D eigenvalue weighted by molar-refractivity contribution is 5.94. The van der Waals surface area contributed by atoms with Gasteiger partial charge in [0.2, 0.25) is 11.8 Å². The molecule has 7 nitrogen and oxygen atoms in total. The van der Waals surface area contributed by atoms with Crippen molar-refractivity contribution >= 4 is 29.9 Å². The second kappa shape index (κ2) is 9.84. The van der Waals surface area contributed by atoms with Gasteiger partial charge in [-0.2, -0.15) is 0 Å². The van der Waals surface area contributed by atoms with Crippen LogP contribution >= 0.6 is 12.4 Å². The quantitative estimate of drug-likeness (QED) is 0.680. The first-order valence-electron chi connectivity index (χ1n) is 6.08. The number of rotatable bonds is 7. The summed E-state index contributed by atoms with van der Waals surface area (Å²) in [6.07, 6.45) is 0.195. The maximum absolute atomic E-state index is 11.7. The average Bonchev–Trinajstić information content (AvgIpc) is 2.45. The van der Waals surface area contributed by atoms with Crippen molar-refractivity contribution in [2.45, 2.75) is 6.42 Å². The molecule has 0 atom stereocenters. The lowest BCUT2D eigenvalue weighted by Crippen LogP contribution is -2.33. The van der Waals surface area contributed by atoms with Crippen molar-refractivity contribution in [2.75, 3.05) is 32.6 Å². The molecule has 0 aliphatic rings. The maximum atomic E-state index is 11.7. The first-order chi connectivity index (χ1) is 9.58. The fourth-order valence-corrected chi connectivity index (χ4v) is 1.48. The molecule has 0 bridgehead atoms. The van der Waals surface area contributed by atoms with Crippen molar-refractivity contribution in [3.8, 4) is 11.5 Å². The highest BCUT2D eigenvalue weighted by Gasteiger charge is 2.07. The summed E-state index contributed by atoms with van der Waals surface area (Å²) >= 11 is 0. The Morgan fingerprint density at radius 2 is 1.67 bits per heavy atom. The molecule has 0 unspecified atom stereocenters. The van der Waals surface area contributed by atoms with Gasteiger partial charge in [0.05, 0.1) is 20.8 Å². The molecule has 0 radical (unpaired) electrons. The van der Waals surface area contributed by atoms with E-state index in [0.717, 1.165) is 0 Å². The number of halogens is 1. The zero-order valence-electron chi connectivity index (χ0n) is 12.0. The Bertz CT molecular complexity index is 460. The molecule has 0 aliphatic carbocycles. The summed E-state index contributed by atoms with van der Waals surface area (Å²) in [7, 11) is 3.04. The molecule has 118 valence electrons. The summed E-state index contributed by atoms with van der Waals surface area (Å²) in [5, 5.41) is 5.11. The number of amides is 2. The second-order valence-electron chi connectivity index (χ2n) is 3.96. The van der Waals surface area contributed by atoms with Crippen LogP contribution in [0, 0.1) is 0 Å². The normalized spacial score (nSPS) is 9.29. The van der Waals surface area contributed by atoms with Crippen LogP contribution in [0.15, 0.2) is 18.2 Å². The Kier molecular flexibility index (Phi) is 8.91. The van der Waals surface area contributed by atoms with Crippen molar-refractivity contribution < 1.29 is 19.1 Å². The van der Waals surface area contributed by atoms with Crippen LogP contribution in [0.4, 0.5) is 5.69 Å². The minimum absolute atomic E-state index is 0. The van der Waals surface area contributed by atoms with Crippen molar-refractivity contribution in [2.24, 2.45) is 5.73 Å². The molecule has 0 saturated heterocycles. The van der Waals surface area contributed by atoms with E-state index in [9.17, 15) is 9.59 Å². The summed E-state index contributed by atoms with van der Waals surface area (Å²) in [5.41, 5.74) is 5.76. The number of methoxy groups -OCH3 is 2. The van der Waals surface area contributed by atoms with E-state index in [1.807, 2.05) is 0 Å². The van der Waals surface area contributed by atoms with Gasteiger partial charge in [-0.3, -0.25) is 9.59 Å². The molecule has 0 aliphatic heterocycles. The lowest BCUT2D eigenvalue weighted by atomic mass is 10.2. The molecule has 1 aromatic carbocycles. The average molecular weight is 318 g/mol. The van der Waals surface area contributed by atoms with Crippen LogP contribution in [0.3, 0.4) is 0 Å². The monoisotopic (exact) mass is 317 g/mol. The number of anilines is 1. The highest BCUT2D eigenvalue weighted by Crippen LogP contribution is 2.25. The van der Waals surface area contributed by atoms with E-state index in [0.29, 0.717) is 17.2 Å². The molecule has 1 rings (SSSR count). The van der Waals surface area contributed by atoms with E-state index in [1.54, 1.807) is 18.2 Å². The number of ether oxygens (including phenoxy) is 2. The molecule has 0 heterocycles. The van der Waals surface area contributed by atoms with E-state index in [4.69, 9.17) is 15.2 Å². The Morgan fingerprint density at radius 1 is 1.10 bits per heavy atom. The highest BCUT2D eigenvalue weighted by atomic mass is 35.5. The number of carbonyl (C=O) groups is 2. The molecule has 0 aromatic heterocycles. The van der Waals surface area contributed by atoms with Crippen LogP contribution in [-0.2, 0) is 9.59 Å². The molecule has 0 spiro atoms. The predicted octanol–water partition coefficient (Wildman–Crippen LogP) is 0.529. The molecule has 0 saturated carbocycles. The van der Waals surface area contributed by atoms with Crippen LogP contribution in [0.25, 0.3) is 0 Å². The van der Waals surface area contributed by atoms with Crippen LogP contribution in [-0.4, -0.2) is 39.1 Å². The summed E-state index contributed by atoms with van der Waals surface area (Å²) in [6, 6.07) is 5.00. The van der Waals surface area contributed by atoms with Gasteiger partial charge in [-0.25, -0.2) is 0 Å². The standard InChI is InChI=1S/C13H19N3O4.ClH/c1-19-10-5-9(6-11(7-10)20-2)16-13(18)8-15-12(17)3-4-14;/h5-7H,3-4,8,14H2,1-2H3,(H,15,17)(H,16,18);1H. The Morgan fingerprint density at radius 3 is 2.14 bits per heavy atom. The Hall–Kier alpha value is -1.99. The zero-order chi connectivity index (χ0) is 15.0. The topological polar surface area (TPSA) is 103 Å². The van der Waals surface area contributed by atoms with Gasteiger partial charge in [0.1, 0.15) is 11.5 Å². The Balaban J connectivity index is 0.00000400. The zero-order valence-corrected chi connectivity index (χ0v) is 12.8. The molecule has 0 fully saturated rings. The maximum Gasteiger partial charge on any atom is 0.243 e. The van der Waals surface area contributed by atoms with Gasteiger partial charge in [-0.05, 0) is 0 Å². The number of hydrogen-bond acceptors (Lipinski definition) is 5. The van der Waals surface area contributed by atoms with E-state index in [2.05, 4.69) is 10.6 Å². The lowest BCUT2D eigenvalue weighted by molar-refractivity contribution is -0.124. The smallest absolute Gasteiger partial charge is 0.243 e. The van der Waals surface area contributed by atoms with E-state index in [1.165, 1.54) is 14.2 Å². The van der Waals surface area contributed by atoms with E-state index in [-0.39, 0.29) is 43.7 Å². The number of benzene rings is 1. The molecule has 1 aromatic rings. The molecule has 2 amide bonds. The SMILES string of the molecule is COc1cc(NC(=O)CNC(=O)CCN)cc(OC)c1.Cl. The number of carbonyl (C=O) groups excluding carboxylic acids is 2. The second-order valence-corrected chi connectivity index (χ2v) is 3.96. The van der Waals surface area contributed by atoms with Crippen LogP contribution < -0.4 is 25.8 Å². The first-order valence-corrected chi connectivity index (χ1v) is 6.08. The van der Waals surface area contributed by atoms with Gasteiger partial charge < -0.3 is 25.8 Å². The molecular formula is C13H20ClN3O4. The van der Waals surface area contributed by atoms with Crippen molar-refractivity contribution in [1.82, 2.24) is 5.32 Å². The Labute approximate surface area is 129 Å². The summed E-state index contributed by atoms with van der Waals surface area (Å²) < 4.78 is 10.2.